The summed E-state index contributed by atoms with van der Waals surface area (Å²) >= 11 is 8.60. The molecule has 0 saturated heterocycles. The SMILES string of the molecule is Fc1cc(Br)ccc1C#CCCCl. The van der Waals surface area contributed by atoms with Gasteiger partial charge in [0, 0.05) is 16.8 Å². The second-order valence-corrected chi connectivity index (χ2v) is 3.66. The summed E-state index contributed by atoms with van der Waals surface area (Å²) in [6, 6.07) is 4.79. The molecule has 0 unspecified atom stereocenters. The lowest BCUT2D eigenvalue weighted by molar-refractivity contribution is 0.623. The van der Waals surface area contributed by atoms with E-state index in [1.54, 1.807) is 12.1 Å². The van der Waals surface area contributed by atoms with E-state index >= 15 is 0 Å². The standard InChI is InChI=1S/C10H7BrClF/c11-9-5-4-8(10(13)7-9)3-1-2-6-12/h4-5,7H,2,6H2. The van der Waals surface area contributed by atoms with Gasteiger partial charge in [0.1, 0.15) is 5.82 Å². The van der Waals surface area contributed by atoms with E-state index in [-0.39, 0.29) is 5.82 Å². The molecule has 0 saturated carbocycles. The Balaban J connectivity index is 2.85. The molecule has 0 N–H and O–H groups in total. The lowest BCUT2D eigenvalue weighted by atomic mass is 10.2. The van der Waals surface area contributed by atoms with Crippen LogP contribution in [0.4, 0.5) is 4.39 Å². The fourth-order valence-electron chi connectivity index (χ4n) is 0.796. The Bertz CT molecular complexity index is 352. The minimum Gasteiger partial charge on any atom is -0.206 e. The smallest absolute Gasteiger partial charge is 0.139 e. The number of hydrogen-bond donors (Lipinski definition) is 0. The van der Waals surface area contributed by atoms with E-state index in [2.05, 4.69) is 27.8 Å². The molecule has 0 aromatic heterocycles. The van der Waals surface area contributed by atoms with Crippen LogP contribution in [0, 0.1) is 17.7 Å². The van der Waals surface area contributed by atoms with Gasteiger partial charge in [-0.15, -0.1) is 11.6 Å². The van der Waals surface area contributed by atoms with Gasteiger partial charge in [0.15, 0.2) is 0 Å². The van der Waals surface area contributed by atoms with E-state index in [1.807, 2.05) is 0 Å². The second kappa shape index (κ2) is 5.26. The van der Waals surface area contributed by atoms with Crippen molar-refractivity contribution in [3.63, 3.8) is 0 Å². The third kappa shape index (κ3) is 3.38. The normalized spacial score (nSPS) is 9.15. The van der Waals surface area contributed by atoms with Crippen molar-refractivity contribution in [2.45, 2.75) is 6.42 Å². The van der Waals surface area contributed by atoms with Gasteiger partial charge >= 0.3 is 0 Å². The van der Waals surface area contributed by atoms with Crippen molar-refractivity contribution in [1.29, 1.82) is 0 Å². The third-order valence-corrected chi connectivity index (χ3v) is 2.06. The summed E-state index contributed by atoms with van der Waals surface area (Å²) in [7, 11) is 0. The molecule has 0 heterocycles. The highest BCUT2D eigenvalue weighted by Gasteiger charge is 1.97. The van der Waals surface area contributed by atoms with Gasteiger partial charge in [0.2, 0.25) is 0 Å². The second-order valence-electron chi connectivity index (χ2n) is 2.36. The van der Waals surface area contributed by atoms with Crippen LogP contribution in [0.2, 0.25) is 0 Å². The quantitative estimate of drug-likeness (QED) is 0.535. The van der Waals surface area contributed by atoms with Gasteiger partial charge in [-0.25, -0.2) is 4.39 Å². The van der Waals surface area contributed by atoms with E-state index in [4.69, 9.17) is 11.6 Å². The Kier molecular flexibility index (Phi) is 4.27. The molecular formula is C10H7BrClF. The van der Waals surface area contributed by atoms with Crippen LogP contribution in [0.3, 0.4) is 0 Å². The van der Waals surface area contributed by atoms with Crippen molar-refractivity contribution < 1.29 is 4.39 Å². The van der Waals surface area contributed by atoms with Gasteiger partial charge in [-0.2, -0.15) is 0 Å². The first-order valence-electron chi connectivity index (χ1n) is 3.74. The number of alkyl halides is 1. The van der Waals surface area contributed by atoms with E-state index in [9.17, 15) is 4.39 Å². The molecule has 68 valence electrons. The van der Waals surface area contributed by atoms with Crippen molar-refractivity contribution >= 4 is 27.5 Å². The first-order chi connectivity index (χ1) is 6.24. The van der Waals surface area contributed by atoms with Crippen LogP contribution in [0.25, 0.3) is 0 Å². The average molecular weight is 262 g/mol. The Morgan fingerprint density at radius 2 is 2.23 bits per heavy atom. The van der Waals surface area contributed by atoms with Crippen LogP contribution in [-0.4, -0.2) is 5.88 Å². The van der Waals surface area contributed by atoms with Crippen LogP contribution < -0.4 is 0 Å². The minimum atomic E-state index is -0.309. The Morgan fingerprint density at radius 3 is 2.85 bits per heavy atom. The highest BCUT2D eigenvalue weighted by Crippen LogP contribution is 2.14. The van der Waals surface area contributed by atoms with E-state index in [0.29, 0.717) is 22.3 Å². The molecule has 0 nitrogen and oxygen atoms in total. The van der Waals surface area contributed by atoms with E-state index in [0.717, 1.165) is 0 Å². The third-order valence-electron chi connectivity index (χ3n) is 1.37. The van der Waals surface area contributed by atoms with Crippen molar-refractivity contribution in [1.82, 2.24) is 0 Å². The van der Waals surface area contributed by atoms with Crippen LogP contribution in [0.15, 0.2) is 22.7 Å². The Hall–Kier alpha value is -0.520. The van der Waals surface area contributed by atoms with Gasteiger partial charge in [-0.3, -0.25) is 0 Å². The predicted molar refractivity (Wildman–Crippen MR) is 56.3 cm³/mol. The van der Waals surface area contributed by atoms with Gasteiger partial charge in [0.05, 0.1) is 5.56 Å². The molecule has 0 aliphatic rings. The maximum atomic E-state index is 13.1. The Morgan fingerprint density at radius 1 is 1.46 bits per heavy atom. The van der Waals surface area contributed by atoms with Crippen LogP contribution >= 0.6 is 27.5 Å². The lowest BCUT2D eigenvalue weighted by Gasteiger charge is -1.94. The zero-order chi connectivity index (χ0) is 9.68. The molecule has 1 rings (SSSR count). The lowest BCUT2D eigenvalue weighted by Crippen LogP contribution is -1.82. The summed E-state index contributed by atoms with van der Waals surface area (Å²) in [5.74, 6) is 5.65. The molecule has 3 heteroatoms. The maximum Gasteiger partial charge on any atom is 0.139 e. The topological polar surface area (TPSA) is 0 Å². The highest BCUT2D eigenvalue weighted by molar-refractivity contribution is 9.10. The number of rotatable bonds is 1. The van der Waals surface area contributed by atoms with Gasteiger partial charge in [0.25, 0.3) is 0 Å². The van der Waals surface area contributed by atoms with E-state index < -0.39 is 0 Å². The maximum absolute atomic E-state index is 13.1. The van der Waals surface area contributed by atoms with Gasteiger partial charge in [-0.1, -0.05) is 27.8 Å². The van der Waals surface area contributed by atoms with Gasteiger partial charge in [-0.05, 0) is 18.2 Å². The predicted octanol–water partition coefficient (Wildman–Crippen LogP) is 3.57. The summed E-state index contributed by atoms with van der Waals surface area (Å²) in [6.45, 7) is 0. The molecule has 1 aromatic rings. The molecule has 0 bridgehead atoms. The summed E-state index contributed by atoms with van der Waals surface area (Å²) in [4.78, 5) is 0. The summed E-state index contributed by atoms with van der Waals surface area (Å²) in [5, 5.41) is 0. The van der Waals surface area contributed by atoms with Crippen LogP contribution in [-0.2, 0) is 0 Å². The number of benzene rings is 1. The molecule has 0 amide bonds. The fourth-order valence-corrected chi connectivity index (χ4v) is 1.22. The molecule has 13 heavy (non-hydrogen) atoms. The first-order valence-corrected chi connectivity index (χ1v) is 5.06. The van der Waals surface area contributed by atoms with E-state index in [1.165, 1.54) is 6.07 Å². The number of halogens is 3. The largest absolute Gasteiger partial charge is 0.206 e. The Labute approximate surface area is 90.2 Å². The van der Waals surface area contributed by atoms with Crippen molar-refractivity contribution in [3.05, 3.63) is 34.1 Å². The molecule has 0 atom stereocenters. The van der Waals surface area contributed by atoms with Crippen molar-refractivity contribution in [2.24, 2.45) is 0 Å². The fraction of sp³-hybridized carbons (Fsp3) is 0.200. The summed E-state index contributed by atoms with van der Waals surface area (Å²) in [5.41, 5.74) is 0.410. The minimum absolute atomic E-state index is 0.309. The number of hydrogen-bond acceptors (Lipinski definition) is 0. The average Bonchev–Trinajstić information content (AvgIpc) is 2.09. The zero-order valence-corrected chi connectivity index (χ0v) is 9.12. The highest BCUT2D eigenvalue weighted by atomic mass is 79.9. The zero-order valence-electron chi connectivity index (χ0n) is 6.78. The van der Waals surface area contributed by atoms with Crippen LogP contribution in [0.1, 0.15) is 12.0 Å². The molecule has 0 aliphatic carbocycles. The molecule has 1 aromatic carbocycles. The molecule has 0 fully saturated rings. The first kappa shape index (κ1) is 10.6. The van der Waals surface area contributed by atoms with Gasteiger partial charge < -0.3 is 0 Å². The molecule has 0 spiro atoms. The summed E-state index contributed by atoms with van der Waals surface area (Å²) in [6.07, 6.45) is 0.580. The van der Waals surface area contributed by atoms with Crippen LogP contribution in [0.5, 0.6) is 0 Å². The molecule has 0 radical (unpaired) electrons. The summed E-state index contributed by atoms with van der Waals surface area (Å²) < 4.78 is 13.8. The molecular weight excluding hydrogens is 254 g/mol. The monoisotopic (exact) mass is 260 g/mol. The van der Waals surface area contributed by atoms with Crippen molar-refractivity contribution in [2.75, 3.05) is 5.88 Å². The van der Waals surface area contributed by atoms with Crippen molar-refractivity contribution in [3.8, 4) is 11.8 Å². The molecule has 0 aliphatic heterocycles.